The number of methoxy groups -OCH3 is 1. The van der Waals surface area contributed by atoms with E-state index < -0.39 is 53.8 Å². The highest BCUT2D eigenvalue weighted by Gasteiger charge is 2.39. The number of nitrogen functional groups attached to an aromatic ring is 1. The lowest BCUT2D eigenvalue weighted by Crippen LogP contribution is -2.42. The molecule has 46 heavy (non-hydrogen) atoms. The van der Waals surface area contributed by atoms with Gasteiger partial charge in [-0.15, -0.1) is 0 Å². The first-order valence-electron chi connectivity index (χ1n) is 14.2. The molecule has 4 aromatic heterocycles. The number of nitrogens with one attached hydrogen (secondary N) is 1. The number of nitrogens with two attached hydrogens (primary N) is 1. The van der Waals surface area contributed by atoms with Crippen molar-refractivity contribution in [2.45, 2.75) is 37.5 Å². The Bertz CT molecular complexity index is 1810. The topological polar surface area (TPSA) is 144 Å². The molecular weight excluding hydrogens is 617 g/mol. The predicted octanol–water partition coefficient (Wildman–Crippen LogP) is 2.88. The summed E-state index contributed by atoms with van der Waals surface area (Å²) in [6, 6.07) is 2.56. The average molecular weight is 646 g/mol. The van der Waals surface area contributed by atoms with Gasteiger partial charge in [-0.1, -0.05) is 0 Å². The minimum atomic E-state index is -2.70. The lowest BCUT2D eigenvalue weighted by molar-refractivity contribution is -0.0565. The minimum absolute atomic E-state index is 0.0555. The van der Waals surface area contributed by atoms with Gasteiger partial charge in [-0.25, -0.2) is 41.4 Å². The number of halogens is 5. The summed E-state index contributed by atoms with van der Waals surface area (Å²) in [7, 11) is 1.30. The molecule has 2 fully saturated rings. The summed E-state index contributed by atoms with van der Waals surface area (Å²) in [6.07, 6.45) is 1.15. The lowest BCUT2D eigenvalue weighted by Gasteiger charge is -2.31. The van der Waals surface area contributed by atoms with Gasteiger partial charge in [0.15, 0.2) is 17.3 Å². The summed E-state index contributed by atoms with van der Waals surface area (Å²) in [5.74, 6) is -6.47. The smallest absolute Gasteiger partial charge is 0.275 e. The fraction of sp³-hybridized carbons (Fsp3) is 0.379. The molecule has 12 nitrogen and oxygen atoms in total. The maximum atomic E-state index is 15.0. The molecule has 2 amide bonds. The Hall–Kier alpha value is -4.93. The van der Waals surface area contributed by atoms with Crippen molar-refractivity contribution in [1.29, 1.82) is 0 Å². The minimum Gasteiger partial charge on any atom is -0.480 e. The van der Waals surface area contributed by atoms with E-state index in [0.717, 1.165) is 4.90 Å². The molecule has 0 bridgehead atoms. The van der Waals surface area contributed by atoms with Crippen molar-refractivity contribution in [3.8, 4) is 17.1 Å². The van der Waals surface area contributed by atoms with E-state index in [1.54, 1.807) is 6.07 Å². The molecule has 2 atom stereocenters. The molecule has 3 N–H and O–H groups in total. The van der Waals surface area contributed by atoms with E-state index >= 15 is 4.39 Å². The third-order valence-electron chi connectivity index (χ3n) is 8.09. The van der Waals surface area contributed by atoms with Gasteiger partial charge >= 0.3 is 0 Å². The summed E-state index contributed by atoms with van der Waals surface area (Å²) in [4.78, 5) is 40.9. The Morgan fingerprint density at radius 1 is 1.09 bits per heavy atom. The normalized spacial score (nSPS) is 19.8. The number of nitrogens with zero attached hydrogens (tertiary/aromatic N) is 7. The van der Waals surface area contributed by atoms with Gasteiger partial charge in [0.2, 0.25) is 5.88 Å². The molecule has 2 aliphatic rings. The molecule has 2 saturated heterocycles. The molecule has 0 aromatic carbocycles. The van der Waals surface area contributed by atoms with E-state index in [9.17, 15) is 27.2 Å². The Kier molecular flexibility index (Phi) is 8.18. The molecule has 0 saturated carbocycles. The second-order valence-corrected chi connectivity index (χ2v) is 11.2. The second kappa shape index (κ2) is 12.1. The molecule has 2 aliphatic heterocycles. The van der Waals surface area contributed by atoms with Gasteiger partial charge in [-0.05, 0) is 17.7 Å². The molecule has 0 spiro atoms. The van der Waals surface area contributed by atoms with Crippen LogP contribution >= 0.6 is 0 Å². The zero-order chi connectivity index (χ0) is 32.7. The van der Waals surface area contributed by atoms with E-state index in [1.165, 1.54) is 30.2 Å². The number of carbonyl (C=O) groups excluding carboxylic acids is 2. The van der Waals surface area contributed by atoms with Gasteiger partial charge in [-0.3, -0.25) is 14.5 Å². The SMILES string of the molecule is COc1ncc(-c2cc(CN3CCC(F)(F)CC3)c3c(N)ncnn23)cc1C(=O)N[C@@H]1CN(C(=O)c2ncc(F)cc2F)C[C@@H]1F. The highest BCUT2D eigenvalue weighted by atomic mass is 19.3. The van der Waals surface area contributed by atoms with Crippen molar-refractivity contribution in [1.82, 2.24) is 39.7 Å². The third kappa shape index (κ3) is 6.01. The lowest BCUT2D eigenvalue weighted by atomic mass is 10.1. The standard InChI is InChI=1S/C29H28F5N9O3/c1-46-27-18(26(44)40-21-13-42(12-20(21)32)28(45)23-19(31)8-17(30)10-36-23)6-15(9-37-27)22-7-16(24-25(35)38-14-39-43(22)24)11-41-4-2-29(33,34)3-5-41/h6-10,14,20-21H,2-5,11-13H2,1H3,(H,40,44)(H2,35,38,39)/t20-,21+/m0/s1. The first-order valence-corrected chi connectivity index (χ1v) is 14.2. The van der Waals surface area contributed by atoms with Crippen LogP contribution in [0.3, 0.4) is 0 Å². The Morgan fingerprint density at radius 3 is 2.57 bits per heavy atom. The van der Waals surface area contributed by atoms with E-state index in [2.05, 4.69) is 25.4 Å². The number of ether oxygens (including phenoxy) is 1. The summed E-state index contributed by atoms with van der Waals surface area (Å²) < 4.78 is 76.7. The number of fused-ring (bicyclic) bond motifs is 1. The summed E-state index contributed by atoms with van der Waals surface area (Å²) in [6.45, 7) is -0.0643. The number of amides is 2. The van der Waals surface area contributed by atoms with Crippen molar-refractivity contribution in [3.63, 3.8) is 0 Å². The van der Waals surface area contributed by atoms with Crippen LogP contribution < -0.4 is 15.8 Å². The molecular formula is C29H28F5N9O3. The zero-order valence-corrected chi connectivity index (χ0v) is 24.4. The van der Waals surface area contributed by atoms with Crippen LogP contribution in [0, 0.1) is 11.6 Å². The average Bonchev–Trinajstić information content (AvgIpc) is 3.58. The van der Waals surface area contributed by atoms with Gasteiger partial charge in [0.25, 0.3) is 17.7 Å². The van der Waals surface area contributed by atoms with Crippen LogP contribution in [-0.2, 0) is 6.54 Å². The first kappa shape index (κ1) is 31.1. The van der Waals surface area contributed by atoms with Gasteiger partial charge in [-0.2, -0.15) is 5.10 Å². The number of anilines is 1. The van der Waals surface area contributed by atoms with Crippen molar-refractivity contribution in [2.75, 3.05) is 39.0 Å². The number of piperidine rings is 1. The highest BCUT2D eigenvalue weighted by molar-refractivity contribution is 5.98. The van der Waals surface area contributed by atoms with Crippen molar-refractivity contribution < 1.29 is 36.3 Å². The zero-order valence-electron chi connectivity index (χ0n) is 24.4. The molecule has 0 unspecified atom stereocenters. The van der Waals surface area contributed by atoms with Gasteiger partial charge < -0.3 is 20.7 Å². The van der Waals surface area contributed by atoms with Gasteiger partial charge in [0.05, 0.1) is 31.6 Å². The third-order valence-corrected chi connectivity index (χ3v) is 8.09. The molecule has 0 radical (unpaired) electrons. The second-order valence-electron chi connectivity index (χ2n) is 11.2. The van der Waals surface area contributed by atoms with Crippen LogP contribution in [0.5, 0.6) is 5.88 Å². The predicted molar refractivity (Wildman–Crippen MR) is 153 cm³/mol. The Labute approximate surface area is 258 Å². The molecule has 6 rings (SSSR count). The van der Waals surface area contributed by atoms with Crippen LogP contribution in [0.2, 0.25) is 0 Å². The van der Waals surface area contributed by atoms with Crippen LogP contribution in [0.1, 0.15) is 39.3 Å². The molecule has 17 heteroatoms. The quantitative estimate of drug-likeness (QED) is 0.290. The summed E-state index contributed by atoms with van der Waals surface area (Å²) >= 11 is 0. The Morgan fingerprint density at radius 2 is 1.85 bits per heavy atom. The Balaban J connectivity index is 1.25. The number of alkyl halides is 3. The van der Waals surface area contributed by atoms with Crippen LogP contribution in [-0.4, -0.2) is 97.6 Å². The van der Waals surface area contributed by atoms with Crippen molar-refractivity contribution in [2.24, 2.45) is 0 Å². The maximum absolute atomic E-state index is 15.0. The van der Waals surface area contributed by atoms with E-state index in [4.69, 9.17) is 10.5 Å². The fourth-order valence-electron chi connectivity index (χ4n) is 5.70. The number of likely N-dealkylation sites (tertiary alicyclic amines) is 2. The largest absolute Gasteiger partial charge is 0.480 e. The van der Waals surface area contributed by atoms with Crippen LogP contribution in [0.25, 0.3) is 16.8 Å². The number of rotatable bonds is 7. The van der Waals surface area contributed by atoms with Gasteiger partial charge in [0.1, 0.15) is 29.4 Å². The maximum Gasteiger partial charge on any atom is 0.275 e. The summed E-state index contributed by atoms with van der Waals surface area (Å²) in [5, 5.41) is 6.86. The van der Waals surface area contributed by atoms with E-state index in [-0.39, 0.29) is 49.7 Å². The number of hydrogen-bond acceptors (Lipinski definition) is 9. The number of carbonyl (C=O) groups is 2. The number of hydrogen-bond donors (Lipinski definition) is 2. The monoisotopic (exact) mass is 645 g/mol. The first-order chi connectivity index (χ1) is 21.9. The van der Waals surface area contributed by atoms with Gasteiger partial charge in [0, 0.05) is 56.8 Å². The molecule has 0 aliphatic carbocycles. The van der Waals surface area contributed by atoms with Crippen LogP contribution in [0.4, 0.5) is 27.8 Å². The van der Waals surface area contributed by atoms with Crippen molar-refractivity contribution >= 4 is 23.1 Å². The summed E-state index contributed by atoms with van der Waals surface area (Å²) in [5.41, 5.74) is 7.51. The number of aromatic nitrogens is 5. The molecule has 242 valence electrons. The highest BCUT2D eigenvalue weighted by Crippen LogP contribution is 2.33. The van der Waals surface area contributed by atoms with Crippen molar-refractivity contribution in [3.05, 3.63) is 65.4 Å². The fourth-order valence-corrected chi connectivity index (χ4v) is 5.70. The van der Waals surface area contributed by atoms with E-state index in [0.29, 0.717) is 41.1 Å². The molecule has 4 aromatic rings. The molecule has 6 heterocycles. The van der Waals surface area contributed by atoms with Crippen LogP contribution in [0.15, 0.2) is 36.9 Å². The number of pyridine rings is 2. The van der Waals surface area contributed by atoms with E-state index in [1.807, 2.05) is 4.90 Å².